The number of carbonyl (C=O) groups excluding carboxylic acids is 2. The zero-order valence-electron chi connectivity index (χ0n) is 15.9. The van der Waals surface area contributed by atoms with Crippen LogP contribution in [0.3, 0.4) is 0 Å². The quantitative estimate of drug-likeness (QED) is 0.681. The van der Waals surface area contributed by atoms with E-state index in [0.29, 0.717) is 5.91 Å². The summed E-state index contributed by atoms with van der Waals surface area (Å²) in [5, 5.41) is 17.1. The normalized spacial score (nSPS) is 22.0. The molecule has 1 aromatic rings. The Morgan fingerprint density at radius 1 is 1.18 bits per heavy atom. The third kappa shape index (κ3) is 7.13. The van der Waals surface area contributed by atoms with E-state index in [0.717, 1.165) is 50.6 Å². The number of quaternary nitrogens is 1. The molecule has 2 fully saturated rings. The number of nitrogens with one attached hydrogen (secondary N) is 1. The van der Waals surface area contributed by atoms with Crippen LogP contribution in [0.1, 0.15) is 37.7 Å². The second-order valence-corrected chi connectivity index (χ2v) is 7.76. The molecule has 2 unspecified atom stereocenters. The number of carbonyl (C=O) groups is 3. The fraction of sp³-hybridized carbons (Fsp3) is 0.550. The summed E-state index contributed by atoms with van der Waals surface area (Å²) in [7, 11) is 0. The molecule has 3 rings (SSSR count). The van der Waals surface area contributed by atoms with Crippen molar-refractivity contribution in [2.45, 2.75) is 38.6 Å². The second kappa shape index (κ2) is 11.0. The fourth-order valence-electron chi connectivity index (χ4n) is 3.83. The first kappa shape index (κ1) is 22.2. The first-order valence-corrected chi connectivity index (χ1v) is 10.1. The van der Waals surface area contributed by atoms with Crippen LogP contribution in [0.15, 0.2) is 24.3 Å². The number of benzene rings is 1. The van der Waals surface area contributed by atoms with Gasteiger partial charge >= 0.3 is 5.97 Å². The third-order valence-corrected chi connectivity index (χ3v) is 5.39. The molecule has 2 atom stereocenters. The van der Waals surface area contributed by atoms with Gasteiger partial charge in [-0.1, -0.05) is 23.7 Å². The molecule has 2 N–H and O–H groups in total. The molecule has 0 saturated carbocycles. The van der Waals surface area contributed by atoms with Crippen LogP contribution in [0, 0.1) is 5.92 Å². The Balaban J connectivity index is 0.000000409. The number of hydrogen-bond donors (Lipinski definition) is 2. The minimum atomic E-state index is -2.07. The lowest BCUT2D eigenvalue weighted by Crippen LogP contribution is -3.12. The smallest absolute Gasteiger partial charge is 0.351 e. The Labute approximate surface area is 169 Å². The highest BCUT2D eigenvalue weighted by Gasteiger charge is 2.32. The summed E-state index contributed by atoms with van der Waals surface area (Å²) in [5.41, 5.74) is 1.27. The van der Waals surface area contributed by atoms with Gasteiger partial charge in [0.05, 0.1) is 19.0 Å². The molecule has 1 amide bonds. The van der Waals surface area contributed by atoms with Crippen LogP contribution in [0.25, 0.3) is 0 Å². The molecule has 0 radical (unpaired) electrons. The summed E-state index contributed by atoms with van der Waals surface area (Å²) in [5.74, 6) is -3.38. The Kier molecular flexibility index (Phi) is 8.73. The van der Waals surface area contributed by atoms with E-state index >= 15 is 0 Å². The number of amides is 1. The van der Waals surface area contributed by atoms with Crippen LogP contribution < -0.4 is 10.0 Å². The number of rotatable bonds is 3. The standard InChI is InChI=1S/C18H25ClN2O.C2H2O4/c19-17-8-4-6-15(12-17)13-20-9-5-7-16(14-20)18(22)21-10-2-1-3-11-21;3-1(4)2(5)6/h4,6,8,12,16H,1-3,5,7,9-11,13-14H2;(H,3,4)(H,5,6). The molecule has 28 heavy (non-hydrogen) atoms. The van der Waals surface area contributed by atoms with Crippen LogP contribution in [-0.4, -0.2) is 54.0 Å². The number of carboxylic acids is 2. The van der Waals surface area contributed by atoms with Crippen molar-refractivity contribution in [3.05, 3.63) is 34.9 Å². The number of piperidine rings is 2. The summed E-state index contributed by atoms with van der Waals surface area (Å²) in [6, 6.07) is 8.11. The number of nitrogens with zero attached hydrogens (tertiary/aromatic N) is 1. The van der Waals surface area contributed by atoms with Crippen LogP contribution in [0.2, 0.25) is 5.02 Å². The Morgan fingerprint density at radius 3 is 2.46 bits per heavy atom. The lowest BCUT2D eigenvalue weighted by atomic mass is 9.95. The zero-order chi connectivity index (χ0) is 20.5. The van der Waals surface area contributed by atoms with Gasteiger partial charge in [0.1, 0.15) is 6.54 Å². The number of hydrogen-bond acceptors (Lipinski definition) is 4. The predicted octanol–water partition coefficient (Wildman–Crippen LogP) is -0.0317. The van der Waals surface area contributed by atoms with Gasteiger partial charge in [0.2, 0.25) is 5.91 Å². The van der Waals surface area contributed by atoms with Gasteiger partial charge in [-0.25, -0.2) is 4.79 Å². The van der Waals surface area contributed by atoms with E-state index < -0.39 is 11.9 Å². The summed E-state index contributed by atoms with van der Waals surface area (Å²) < 4.78 is 0. The summed E-state index contributed by atoms with van der Waals surface area (Å²) >= 11 is 6.07. The number of likely N-dealkylation sites (tertiary alicyclic amines) is 2. The van der Waals surface area contributed by atoms with Crippen molar-refractivity contribution in [3.63, 3.8) is 0 Å². The van der Waals surface area contributed by atoms with Gasteiger partial charge in [0.25, 0.3) is 0 Å². The van der Waals surface area contributed by atoms with Crippen LogP contribution in [0.4, 0.5) is 0 Å². The van der Waals surface area contributed by atoms with Crippen molar-refractivity contribution >= 4 is 29.4 Å². The lowest BCUT2D eigenvalue weighted by Gasteiger charge is -2.34. The Morgan fingerprint density at radius 2 is 1.86 bits per heavy atom. The van der Waals surface area contributed by atoms with E-state index in [-0.39, 0.29) is 5.92 Å². The van der Waals surface area contributed by atoms with Gasteiger partial charge < -0.3 is 24.8 Å². The zero-order valence-corrected chi connectivity index (χ0v) is 16.6. The van der Waals surface area contributed by atoms with Crippen molar-refractivity contribution in [1.29, 1.82) is 0 Å². The second-order valence-electron chi connectivity index (χ2n) is 7.33. The van der Waals surface area contributed by atoms with Crippen molar-refractivity contribution in [2.75, 3.05) is 26.2 Å². The van der Waals surface area contributed by atoms with Gasteiger partial charge in [-0.3, -0.25) is 4.79 Å². The monoisotopic (exact) mass is 410 g/mol. The van der Waals surface area contributed by atoms with E-state index in [4.69, 9.17) is 31.4 Å². The SMILES string of the molecule is O=C(C1CCC[NH+](Cc2cccc(Cl)c2)C1)N1CCCCC1.O=C([O-])C(=O)O. The van der Waals surface area contributed by atoms with Crippen molar-refractivity contribution in [2.24, 2.45) is 5.92 Å². The molecule has 154 valence electrons. The van der Waals surface area contributed by atoms with E-state index in [1.165, 1.54) is 29.7 Å². The highest BCUT2D eigenvalue weighted by atomic mass is 35.5. The largest absolute Gasteiger partial charge is 0.539 e. The number of carboxylic acid groups (broad SMARTS) is 2. The van der Waals surface area contributed by atoms with Crippen LogP contribution in [-0.2, 0) is 20.9 Å². The first-order valence-electron chi connectivity index (χ1n) is 9.68. The molecule has 2 saturated heterocycles. The van der Waals surface area contributed by atoms with Gasteiger partial charge in [0.15, 0.2) is 5.97 Å². The third-order valence-electron chi connectivity index (χ3n) is 5.15. The fourth-order valence-corrected chi connectivity index (χ4v) is 4.04. The van der Waals surface area contributed by atoms with Crippen molar-refractivity contribution in [3.8, 4) is 0 Å². The molecule has 2 aliphatic heterocycles. The summed E-state index contributed by atoms with van der Waals surface area (Å²) in [6.07, 6.45) is 5.85. The molecule has 0 aromatic heterocycles. The number of halogens is 1. The van der Waals surface area contributed by atoms with Crippen molar-refractivity contribution in [1.82, 2.24) is 4.90 Å². The topological polar surface area (TPSA) is 102 Å². The van der Waals surface area contributed by atoms with E-state index in [1.54, 1.807) is 0 Å². The maximum atomic E-state index is 12.7. The Hall–Kier alpha value is -2.12. The molecule has 2 heterocycles. The molecule has 7 nitrogen and oxygen atoms in total. The average Bonchev–Trinajstić information content (AvgIpc) is 2.69. The minimum absolute atomic E-state index is 0.223. The van der Waals surface area contributed by atoms with Crippen LogP contribution in [0.5, 0.6) is 0 Å². The lowest BCUT2D eigenvalue weighted by molar-refractivity contribution is -0.921. The molecule has 1 aromatic carbocycles. The maximum Gasteiger partial charge on any atom is 0.351 e. The molecular formula is C20H27ClN2O5. The molecule has 2 aliphatic rings. The minimum Gasteiger partial charge on any atom is -0.539 e. The Bertz CT molecular complexity index is 679. The van der Waals surface area contributed by atoms with Gasteiger partial charge in [-0.2, -0.15) is 0 Å². The average molecular weight is 411 g/mol. The van der Waals surface area contributed by atoms with Gasteiger partial charge in [-0.15, -0.1) is 0 Å². The summed E-state index contributed by atoms with van der Waals surface area (Å²) in [4.78, 5) is 34.3. The van der Waals surface area contributed by atoms with Crippen LogP contribution >= 0.6 is 11.6 Å². The maximum absolute atomic E-state index is 12.7. The molecular weight excluding hydrogens is 384 g/mol. The van der Waals surface area contributed by atoms with Gasteiger partial charge in [-0.05, 0) is 44.2 Å². The first-order chi connectivity index (χ1) is 13.4. The number of aliphatic carboxylic acids is 2. The molecule has 0 spiro atoms. The van der Waals surface area contributed by atoms with Gasteiger partial charge in [0, 0.05) is 23.7 Å². The summed E-state index contributed by atoms with van der Waals surface area (Å²) in [6.45, 7) is 5.06. The highest BCUT2D eigenvalue weighted by Crippen LogP contribution is 2.17. The molecule has 8 heteroatoms. The highest BCUT2D eigenvalue weighted by molar-refractivity contribution is 6.30. The van der Waals surface area contributed by atoms with E-state index in [1.807, 2.05) is 18.2 Å². The van der Waals surface area contributed by atoms with E-state index in [2.05, 4.69) is 11.0 Å². The molecule has 0 bridgehead atoms. The van der Waals surface area contributed by atoms with Crippen molar-refractivity contribution < 1.29 is 29.5 Å². The van der Waals surface area contributed by atoms with E-state index in [9.17, 15) is 4.79 Å². The predicted molar refractivity (Wildman–Crippen MR) is 102 cm³/mol. The molecule has 0 aliphatic carbocycles.